The van der Waals surface area contributed by atoms with Gasteiger partial charge in [0.1, 0.15) is 0 Å². The van der Waals surface area contributed by atoms with E-state index in [1.807, 2.05) is 64.1 Å². The molecule has 0 spiro atoms. The number of ether oxygens (including phenoxy) is 1. The van der Waals surface area contributed by atoms with Crippen LogP contribution < -0.4 is 15.1 Å². The third-order valence-corrected chi connectivity index (χ3v) is 12.5. The van der Waals surface area contributed by atoms with Crippen molar-refractivity contribution in [1.82, 2.24) is 4.72 Å². The molecule has 0 fully saturated rings. The molecule has 0 aliphatic carbocycles. The number of carbonyl (C=O) groups is 1. The second-order valence-corrected chi connectivity index (χ2v) is 16.6. The van der Waals surface area contributed by atoms with Gasteiger partial charge >= 0.3 is 5.97 Å². The molecular formula is C26H39NO4SSi. The summed E-state index contributed by atoms with van der Waals surface area (Å²) >= 11 is 0. The zero-order chi connectivity index (χ0) is 24.9. The van der Waals surface area contributed by atoms with Gasteiger partial charge in [0.05, 0.1) is 41.4 Å². The fourth-order valence-electron chi connectivity index (χ4n) is 3.93. The van der Waals surface area contributed by atoms with E-state index in [4.69, 9.17) is 9.16 Å². The Balaban J connectivity index is 2.59. The molecule has 1 N–H and O–H groups in total. The number of esters is 1. The molecule has 2 rings (SSSR count). The highest BCUT2D eigenvalue weighted by Gasteiger charge is 2.51. The Hall–Kier alpha value is -1.80. The average molecular weight is 490 g/mol. The Morgan fingerprint density at radius 3 is 1.76 bits per heavy atom. The van der Waals surface area contributed by atoms with Gasteiger partial charge in [0.2, 0.25) is 0 Å². The average Bonchev–Trinajstić information content (AvgIpc) is 2.76. The summed E-state index contributed by atoms with van der Waals surface area (Å²) in [7, 11) is -2.82. The van der Waals surface area contributed by atoms with E-state index in [0.717, 1.165) is 10.4 Å². The van der Waals surface area contributed by atoms with Gasteiger partial charge in [0, 0.05) is 0 Å². The first-order valence-electron chi connectivity index (χ1n) is 11.4. The highest BCUT2D eigenvalue weighted by Crippen LogP contribution is 2.38. The van der Waals surface area contributed by atoms with Crippen LogP contribution in [0.4, 0.5) is 0 Å². The van der Waals surface area contributed by atoms with Crippen LogP contribution in [0, 0.1) is 0 Å². The number of nitrogens with one attached hydrogen (secondary N) is 1. The fraction of sp³-hybridized carbons (Fsp3) is 0.500. The van der Waals surface area contributed by atoms with Crippen LogP contribution in [0.3, 0.4) is 0 Å². The molecule has 5 nitrogen and oxygen atoms in total. The summed E-state index contributed by atoms with van der Waals surface area (Å²) in [6.45, 7) is 14.3. The molecular weight excluding hydrogens is 450 g/mol. The molecule has 2 aromatic carbocycles. The smallest absolute Gasteiger partial charge is 0.307 e. The van der Waals surface area contributed by atoms with Crippen molar-refractivity contribution in [3.63, 3.8) is 0 Å². The number of methoxy groups -OCH3 is 1. The molecule has 7 heteroatoms. The van der Waals surface area contributed by atoms with Gasteiger partial charge in [-0.25, -0.2) is 8.93 Å². The minimum atomic E-state index is -2.82. The van der Waals surface area contributed by atoms with Crippen molar-refractivity contribution in [1.29, 1.82) is 0 Å². The molecule has 0 heterocycles. The van der Waals surface area contributed by atoms with Crippen molar-refractivity contribution >= 4 is 35.6 Å². The maximum atomic E-state index is 13.0. The molecule has 0 radical (unpaired) electrons. The van der Waals surface area contributed by atoms with Crippen LogP contribution in [-0.2, 0) is 24.9 Å². The molecule has 0 aliphatic rings. The summed E-state index contributed by atoms with van der Waals surface area (Å²) in [5.41, 5.74) is 0. The summed E-state index contributed by atoms with van der Waals surface area (Å²) < 4.78 is 27.7. The summed E-state index contributed by atoms with van der Waals surface area (Å²) in [6, 6.07) is 20.2. The highest BCUT2D eigenvalue weighted by molar-refractivity contribution is 7.84. The molecule has 0 amide bonds. The topological polar surface area (TPSA) is 64.6 Å². The van der Waals surface area contributed by atoms with E-state index in [1.54, 1.807) is 0 Å². The molecule has 0 bridgehead atoms. The predicted molar refractivity (Wildman–Crippen MR) is 140 cm³/mol. The zero-order valence-corrected chi connectivity index (χ0v) is 23.0. The van der Waals surface area contributed by atoms with Gasteiger partial charge in [-0.2, -0.15) is 0 Å². The quantitative estimate of drug-likeness (QED) is 0.428. The van der Waals surface area contributed by atoms with E-state index in [2.05, 4.69) is 49.8 Å². The third-order valence-electron chi connectivity index (χ3n) is 5.77. The minimum absolute atomic E-state index is 0.0672. The van der Waals surface area contributed by atoms with E-state index in [9.17, 15) is 9.00 Å². The SMILES string of the molecule is COC(=O)C[C@@H](N[S@@](=O)C(C)(C)C)[C@H](C)O[Si](c1ccccc1)(c1ccccc1)C(C)(C)C. The van der Waals surface area contributed by atoms with Crippen molar-refractivity contribution in [3.05, 3.63) is 60.7 Å². The molecule has 0 saturated heterocycles. The Bertz CT molecular complexity index is 883. The Labute approximate surface area is 203 Å². The monoisotopic (exact) mass is 489 g/mol. The fourth-order valence-corrected chi connectivity index (χ4v) is 9.57. The largest absolute Gasteiger partial charge is 0.469 e. The van der Waals surface area contributed by atoms with E-state index in [1.165, 1.54) is 7.11 Å². The zero-order valence-electron chi connectivity index (χ0n) is 21.2. The van der Waals surface area contributed by atoms with E-state index in [0.29, 0.717) is 0 Å². The van der Waals surface area contributed by atoms with Gasteiger partial charge in [-0.1, -0.05) is 81.4 Å². The normalized spacial score (nSPS) is 15.5. The first-order chi connectivity index (χ1) is 15.3. The summed E-state index contributed by atoms with van der Waals surface area (Å²) in [4.78, 5) is 12.3. The molecule has 182 valence electrons. The lowest BCUT2D eigenvalue weighted by molar-refractivity contribution is -0.141. The van der Waals surface area contributed by atoms with Crippen molar-refractivity contribution in [2.75, 3.05) is 7.11 Å². The predicted octanol–water partition coefficient (Wildman–Crippen LogP) is 3.94. The van der Waals surface area contributed by atoms with Crippen molar-refractivity contribution in [2.45, 2.75) is 76.8 Å². The van der Waals surface area contributed by atoms with Gasteiger partial charge in [-0.3, -0.25) is 4.79 Å². The lowest BCUT2D eigenvalue weighted by Crippen LogP contribution is -2.68. The Morgan fingerprint density at radius 2 is 1.39 bits per heavy atom. The number of rotatable bonds is 9. The summed E-state index contributed by atoms with van der Waals surface area (Å²) in [5, 5.41) is 2.11. The lowest BCUT2D eigenvalue weighted by atomic mass is 10.1. The summed E-state index contributed by atoms with van der Waals surface area (Å²) in [6.07, 6.45) is -0.334. The second-order valence-electron chi connectivity index (χ2n) is 10.4. The third kappa shape index (κ3) is 6.63. The maximum absolute atomic E-state index is 13.0. The van der Waals surface area contributed by atoms with Crippen LogP contribution >= 0.6 is 0 Å². The van der Waals surface area contributed by atoms with Gasteiger partial charge in [-0.15, -0.1) is 0 Å². The Kier molecular flexibility index (Phi) is 9.21. The van der Waals surface area contributed by atoms with E-state index < -0.39 is 36.2 Å². The van der Waals surface area contributed by atoms with Gasteiger partial charge in [-0.05, 0) is 43.1 Å². The first-order valence-corrected chi connectivity index (χ1v) is 14.4. The highest BCUT2D eigenvalue weighted by atomic mass is 32.2. The second kappa shape index (κ2) is 11.1. The Morgan fingerprint density at radius 1 is 0.939 bits per heavy atom. The van der Waals surface area contributed by atoms with Crippen LogP contribution in [0.1, 0.15) is 54.9 Å². The van der Waals surface area contributed by atoms with Crippen LogP contribution in [0.15, 0.2) is 60.7 Å². The molecule has 3 atom stereocenters. The first kappa shape index (κ1) is 27.4. The maximum Gasteiger partial charge on any atom is 0.307 e. The van der Waals surface area contributed by atoms with Gasteiger partial charge in [0.25, 0.3) is 8.32 Å². The van der Waals surface area contributed by atoms with Crippen LogP contribution in [0.25, 0.3) is 0 Å². The molecule has 0 saturated carbocycles. The molecule has 0 unspecified atom stereocenters. The van der Waals surface area contributed by atoms with Gasteiger partial charge in [0.15, 0.2) is 0 Å². The minimum Gasteiger partial charge on any atom is -0.469 e. The molecule has 33 heavy (non-hydrogen) atoms. The summed E-state index contributed by atoms with van der Waals surface area (Å²) in [5.74, 6) is -0.365. The number of hydrogen-bond acceptors (Lipinski definition) is 4. The van der Waals surface area contributed by atoms with E-state index >= 15 is 0 Å². The van der Waals surface area contributed by atoms with Crippen molar-refractivity contribution in [2.24, 2.45) is 0 Å². The molecule has 0 aliphatic heterocycles. The number of benzene rings is 2. The van der Waals surface area contributed by atoms with Gasteiger partial charge < -0.3 is 9.16 Å². The lowest BCUT2D eigenvalue weighted by Gasteiger charge is -2.46. The molecule has 2 aromatic rings. The molecule has 0 aromatic heterocycles. The number of carbonyl (C=O) groups excluding carboxylic acids is 1. The van der Waals surface area contributed by atoms with Crippen LogP contribution in [-0.4, -0.2) is 42.5 Å². The van der Waals surface area contributed by atoms with Crippen LogP contribution in [0.5, 0.6) is 0 Å². The van der Waals surface area contributed by atoms with E-state index in [-0.39, 0.29) is 17.4 Å². The van der Waals surface area contributed by atoms with Crippen LogP contribution in [0.2, 0.25) is 5.04 Å². The number of hydrogen-bond donors (Lipinski definition) is 1. The van der Waals surface area contributed by atoms with Crippen molar-refractivity contribution < 1.29 is 18.2 Å². The van der Waals surface area contributed by atoms with Crippen molar-refractivity contribution in [3.8, 4) is 0 Å². The standard InChI is InChI=1S/C26H39NO4SSi/c1-20(23(19-24(28)30-8)27-32(29)25(2,3)4)31-33(26(5,6)7,21-15-11-9-12-16-21)22-17-13-10-14-18-22/h9-18,20,23,27H,19H2,1-8H3/t20-,23+,32-/m0/s1.